The second-order valence-electron chi connectivity index (χ2n) is 10.5. The highest BCUT2D eigenvalue weighted by Crippen LogP contribution is 2.32. The normalized spacial score (nSPS) is 14.0. The lowest BCUT2D eigenvalue weighted by atomic mass is 10.1. The Hall–Kier alpha value is -5.07. The molecule has 0 aliphatic carbocycles. The highest BCUT2D eigenvalue weighted by atomic mass is 32.2. The summed E-state index contributed by atoms with van der Waals surface area (Å²) in [7, 11) is -3.58. The maximum absolute atomic E-state index is 14.0. The Morgan fingerprint density at radius 3 is 2.02 bits per heavy atom. The number of nitrogens with zero attached hydrogens (tertiary/aromatic N) is 4. The molecule has 0 unspecified atom stereocenters. The summed E-state index contributed by atoms with van der Waals surface area (Å²) in [5.41, 5.74) is 1.84. The second kappa shape index (κ2) is 12.5. The molecule has 1 aliphatic heterocycles. The van der Waals surface area contributed by atoms with Gasteiger partial charge in [0, 0.05) is 32.2 Å². The molecule has 0 spiro atoms. The SMILES string of the molecule is O=c1c(Oc2ccc(-c3ccc(O)cc3)cc2)c(N2CCN(S(=O)(=O)Cc3ccccc3)CC2)cnn1-c1cc(F)cc(F)c1. The molecule has 4 aromatic carbocycles. The molecule has 0 atom stereocenters. The second-order valence-corrected chi connectivity index (χ2v) is 12.5. The molecule has 1 N–H and O–H groups in total. The predicted octanol–water partition coefficient (Wildman–Crippen LogP) is 5.33. The van der Waals surface area contributed by atoms with E-state index >= 15 is 0 Å². The van der Waals surface area contributed by atoms with Crippen LogP contribution in [0.4, 0.5) is 14.5 Å². The number of halogens is 2. The van der Waals surface area contributed by atoms with Crippen molar-refractivity contribution in [1.82, 2.24) is 14.1 Å². The third-order valence-corrected chi connectivity index (χ3v) is 9.30. The number of ether oxygens (including phenoxy) is 1. The van der Waals surface area contributed by atoms with Gasteiger partial charge in [0.1, 0.15) is 28.8 Å². The van der Waals surface area contributed by atoms with Crippen LogP contribution in [0.15, 0.2) is 108 Å². The number of sulfonamides is 1. The van der Waals surface area contributed by atoms with E-state index in [9.17, 15) is 27.1 Å². The lowest BCUT2D eigenvalue weighted by Crippen LogP contribution is -2.49. The Balaban J connectivity index is 1.30. The fourth-order valence-electron chi connectivity index (χ4n) is 5.17. The molecule has 1 aromatic heterocycles. The fraction of sp³-hybridized carbons (Fsp3) is 0.152. The average molecular weight is 631 g/mol. The van der Waals surface area contributed by atoms with Crippen molar-refractivity contribution >= 4 is 15.7 Å². The summed E-state index contributed by atoms with van der Waals surface area (Å²) in [6.07, 6.45) is 1.37. The summed E-state index contributed by atoms with van der Waals surface area (Å²) in [5.74, 6) is -1.53. The van der Waals surface area contributed by atoms with Gasteiger partial charge in [0.05, 0.1) is 17.6 Å². The number of phenols is 1. The minimum absolute atomic E-state index is 0.117. The number of aromatic hydroxyl groups is 1. The highest BCUT2D eigenvalue weighted by molar-refractivity contribution is 7.88. The molecule has 9 nitrogen and oxygen atoms in total. The summed E-state index contributed by atoms with van der Waals surface area (Å²) in [4.78, 5) is 15.6. The molecule has 0 radical (unpaired) electrons. The Morgan fingerprint density at radius 2 is 1.40 bits per heavy atom. The molecule has 0 saturated carbocycles. The molecule has 1 saturated heterocycles. The highest BCUT2D eigenvalue weighted by Gasteiger charge is 2.30. The number of hydrogen-bond donors (Lipinski definition) is 1. The first kappa shape index (κ1) is 30.0. The number of anilines is 1. The topological polar surface area (TPSA) is 105 Å². The van der Waals surface area contributed by atoms with Crippen molar-refractivity contribution < 1.29 is 27.0 Å². The van der Waals surface area contributed by atoms with E-state index in [2.05, 4.69) is 5.10 Å². The van der Waals surface area contributed by atoms with E-state index in [1.54, 1.807) is 77.7 Å². The van der Waals surface area contributed by atoms with Crippen LogP contribution in [-0.4, -0.2) is 53.8 Å². The maximum Gasteiger partial charge on any atom is 0.316 e. The first-order valence-electron chi connectivity index (χ1n) is 14.1. The van der Waals surface area contributed by atoms with Crippen molar-refractivity contribution in [3.63, 3.8) is 0 Å². The third-order valence-electron chi connectivity index (χ3n) is 7.45. The first-order valence-corrected chi connectivity index (χ1v) is 15.7. The van der Waals surface area contributed by atoms with Gasteiger partial charge in [-0.2, -0.15) is 14.1 Å². The van der Waals surface area contributed by atoms with Crippen molar-refractivity contribution in [1.29, 1.82) is 0 Å². The summed E-state index contributed by atoms with van der Waals surface area (Å²) in [6, 6.07) is 25.2. The molecular weight excluding hydrogens is 602 g/mol. The quantitative estimate of drug-likeness (QED) is 0.247. The van der Waals surface area contributed by atoms with Gasteiger partial charge < -0.3 is 14.7 Å². The predicted molar refractivity (Wildman–Crippen MR) is 166 cm³/mol. The Bertz CT molecular complexity index is 1960. The van der Waals surface area contributed by atoms with Gasteiger partial charge in [-0.3, -0.25) is 4.79 Å². The molecule has 6 rings (SSSR count). The van der Waals surface area contributed by atoms with E-state index in [-0.39, 0.29) is 49.1 Å². The van der Waals surface area contributed by atoms with Gasteiger partial charge in [-0.1, -0.05) is 54.6 Å². The Morgan fingerprint density at radius 1 is 0.800 bits per heavy atom. The molecule has 0 amide bonds. The zero-order valence-electron chi connectivity index (χ0n) is 23.9. The first-order chi connectivity index (χ1) is 21.7. The summed E-state index contributed by atoms with van der Waals surface area (Å²) >= 11 is 0. The molecular formula is C33H28F2N4O5S. The monoisotopic (exact) mass is 630 g/mol. The molecule has 2 heterocycles. The van der Waals surface area contributed by atoms with Gasteiger partial charge >= 0.3 is 5.56 Å². The van der Waals surface area contributed by atoms with Crippen LogP contribution in [0.1, 0.15) is 5.56 Å². The largest absolute Gasteiger partial charge is 0.508 e. The number of phenolic OH excluding ortho intramolecular Hbond substituents is 1. The van der Waals surface area contributed by atoms with Crippen molar-refractivity contribution in [2.75, 3.05) is 31.1 Å². The maximum atomic E-state index is 14.0. The van der Waals surface area contributed by atoms with Crippen molar-refractivity contribution in [3.05, 3.63) is 131 Å². The lowest BCUT2D eigenvalue weighted by molar-refractivity contribution is 0.381. The van der Waals surface area contributed by atoms with Crippen LogP contribution in [0, 0.1) is 11.6 Å². The van der Waals surface area contributed by atoms with Gasteiger partial charge in [0.2, 0.25) is 15.8 Å². The number of rotatable bonds is 8. The number of piperazine rings is 1. The summed E-state index contributed by atoms with van der Waals surface area (Å²) in [5, 5.41) is 13.8. The van der Waals surface area contributed by atoms with Crippen molar-refractivity contribution in [2.45, 2.75) is 5.75 Å². The van der Waals surface area contributed by atoms with Gasteiger partial charge in [0.25, 0.3) is 0 Å². The van der Waals surface area contributed by atoms with E-state index in [0.29, 0.717) is 23.1 Å². The zero-order chi connectivity index (χ0) is 31.6. The van der Waals surface area contributed by atoms with E-state index < -0.39 is 27.2 Å². The molecule has 1 aliphatic rings. The zero-order valence-corrected chi connectivity index (χ0v) is 24.7. The number of aromatic nitrogens is 2. The van der Waals surface area contributed by atoms with Crippen molar-refractivity contribution in [3.8, 4) is 34.1 Å². The molecule has 5 aromatic rings. The van der Waals surface area contributed by atoms with Crippen LogP contribution >= 0.6 is 0 Å². The number of hydrogen-bond acceptors (Lipinski definition) is 7. The van der Waals surface area contributed by atoms with E-state index in [0.717, 1.165) is 27.9 Å². The van der Waals surface area contributed by atoms with Crippen LogP contribution in [0.3, 0.4) is 0 Å². The number of benzene rings is 4. The minimum atomic E-state index is -3.58. The van der Waals surface area contributed by atoms with Crippen LogP contribution in [0.2, 0.25) is 0 Å². The Kier molecular flexibility index (Phi) is 8.33. The Labute approximate surface area is 258 Å². The molecule has 230 valence electrons. The van der Waals surface area contributed by atoms with E-state index in [1.807, 2.05) is 6.07 Å². The van der Waals surface area contributed by atoms with Crippen LogP contribution in [0.5, 0.6) is 17.2 Å². The van der Waals surface area contributed by atoms with E-state index in [1.165, 1.54) is 10.5 Å². The lowest BCUT2D eigenvalue weighted by Gasteiger charge is -2.35. The van der Waals surface area contributed by atoms with Crippen LogP contribution in [0.25, 0.3) is 16.8 Å². The van der Waals surface area contributed by atoms with Crippen molar-refractivity contribution in [2.24, 2.45) is 0 Å². The minimum Gasteiger partial charge on any atom is -0.508 e. The standard InChI is InChI=1S/C33H28F2N4O5S/c34-26-18-27(35)20-28(19-26)39-33(41)32(44-30-12-8-25(9-13-30)24-6-10-29(40)11-7-24)31(21-36-39)37-14-16-38(17-15-37)45(42,43)22-23-4-2-1-3-5-23/h1-13,18-21,40H,14-17,22H2. The summed E-state index contributed by atoms with van der Waals surface area (Å²) in [6.45, 7) is 0.857. The summed E-state index contributed by atoms with van der Waals surface area (Å²) < 4.78 is 62.7. The smallest absolute Gasteiger partial charge is 0.316 e. The molecule has 0 bridgehead atoms. The molecule has 1 fully saturated rings. The van der Waals surface area contributed by atoms with Gasteiger partial charge in [-0.25, -0.2) is 17.2 Å². The van der Waals surface area contributed by atoms with Gasteiger partial charge in [-0.05, 0) is 53.1 Å². The third kappa shape index (κ3) is 6.71. The molecule has 12 heteroatoms. The van der Waals surface area contributed by atoms with Crippen LogP contribution in [-0.2, 0) is 15.8 Å². The van der Waals surface area contributed by atoms with E-state index in [4.69, 9.17) is 4.74 Å². The van der Waals surface area contributed by atoms with Gasteiger partial charge in [0.15, 0.2) is 0 Å². The molecule has 45 heavy (non-hydrogen) atoms. The fourth-order valence-corrected chi connectivity index (χ4v) is 6.68. The van der Waals surface area contributed by atoms with Crippen LogP contribution < -0.4 is 15.2 Å². The van der Waals surface area contributed by atoms with Gasteiger partial charge in [-0.15, -0.1) is 0 Å². The average Bonchev–Trinajstić information content (AvgIpc) is 3.03.